The molecule has 2 aromatic heterocycles. The number of hydrogen-bond donors (Lipinski definition) is 0. The molecule has 0 aliphatic heterocycles. The second-order valence-corrected chi connectivity index (χ2v) is 13.7. The number of nitrogens with zero attached hydrogens (tertiary/aromatic N) is 3. The monoisotopic (exact) mass is 477 g/mol. The van der Waals surface area contributed by atoms with Crippen LogP contribution >= 0.6 is 11.6 Å². The summed E-state index contributed by atoms with van der Waals surface area (Å²) in [7, 11) is -2.59. The van der Waals surface area contributed by atoms with Gasteiger partial charge in [-0.3, -0.25) is 0 Å². The summed E-state index contributed by atoms with van der Waals surface area (Å²) in [5.41, 5.74) is 1.53. The molecule has 0 N–H and O–H groups in total. The highest BCUT2D eigenvalue weighted by Crippen LogP contribution is 2.36. The molecule has 0 aliphatic carbocycles. The second-order valence-electron chi connectivity index (χ2n) is 9.04. The van der Waals surface area contributed by atoms with E-state index >= 15 is 0 Å². The maximum atomic E-state index is 6.91. The van der Waals surface area contributed by atoms with Crippen molar-refractivity contribution in [1.29, 1.82) is 0 Å². The van der Waals surface area contributed by atoms with Crippen molar-refractivity contribution in [3.63, 3.8) is 0 Å². The fraction of sp³-hybridized carbons (Fsp3) is 0.269. The van der Waals surface area contributed by atoms with Crippen LogP contribution in [0, 0.1) is 6.92 Å². The third kappa shape index (κ3) is 4.78. The second kappa shape index (κ2) is 9.59. The summed E-state index contributed by atoms with van der Waals surface area (Å²) in [5, 5.41) is 7.03. The van der Waals surface area contributed by atoms with Gasteiger partial charge in [0.05, 0.1) is 11.3 Å². The molecule has 2 heterocycles. The van der Waals surface area contributed by atoms with Crippen LogP contribution in [0.2, 0.25) is 10.2 Å². The van der Waals surface area contributed by atoms with Gasteiger partial charge in [0.2, 0.25) is 0 Å². The molecule has 5 nitrogen and oxygen atoms in total. The molecule has 0 spiro atoms. The molecule has 33 heavy (non-hydrogen) atoms. The summed E-state index contributed by atoms with van der Waals surface area (Å²) in [6.07, 6.45) is 0.550. The first kappa shape index (κ1) is 23.4. The topological polar surface area (TPSA) is 61.0 Å². The first-order valence-corrected chi connectivity index (χ1v) is 13.3. The average molecular weight is 478 g/mol. The van der Waals surface area contributed by atoms with Gasteiger partial charge in [-0.25, -0.2) is 4.98 Å². The Morgan fingerprint density at radius 1 is 0.879 bits per heavy atom. The van der Waals surface area contributed by atoms with Crippen molar-refractivity contribution in [2.75, 3.05) is 6.61 Å². The smallest absolute Gasteiger partial charge is 0.261 e. The highest BCUT2D eigenvalue weighted by molar-refractivity contribution is 6.99. The van der Waals surface area contributed by atoms with Crippen LogP contribution in [0.3, 0.4) is 0 Å². The first-order valence-electron chi connectivity index (χ1n) is 11.0. The lowest BCUT2D eigenvalue weighted by Gasteiger charge is -2.43. The third-order valence-electron chi connectivity index (χ3n) is 5.81. The Bertz CT molecular complexity index is 1170. The Morgan fingerprint density at radius 3 is 2.03 bits per heavy atom. The first-order chi connectivity index (χ1) is 15.8. The summed E-state index contributed by atoms with van der Waals surface area (Å²) in [6.45, 7) is 9.16. The van der Waals surface area contributed by atoms with Crippen LogP contribution in [0.15, 0.2) is 77.3 Å². The zero-order valence-corrected chi connectivity index (χ0v) is 21.1. The van der Waals surface area contributed by atoms with Crippen LogP contribution in [0.5, 0.6) is 0 Å². The van der Waals surface area contributed by atoms with E-state index in [1.165, 1.54) is 10.4 Å². The molecule has 0 saturated carbocycles. The zero-order valence-electron chi connectivity index (χ0n) is 19.4. The van der Waals surface area contributed by atoms with Gasteiger partial charge in [0.1, 0.15) is 5.15 Å². The lowest BCUT2D eigenvalue weighted by atomic mass is 10.2. The molecule has 4 rings (SSSR count). The summed E-state index contributed by atoms with van der Waals surface area (Å²) in [4.78, 5) is 8.84. The molecular formula is C26H28ClN3O2Si. The Balaban J connectivity index is 1.61. The quantitative estimate of drug-likeness (QED) is 0.270. The van der Waals surface area contributed by atoms with Crippen molar-refractivity contribution < 1.29 is 8.95 Å². The van der Waals surface area contributed by atoms with Gasteiger partial charge in [-0.05, 0) is 34.5 Å². The molecule has 0 fully saturated rings. The molecule has 0 saturated heterocycles. The Hall–Kier alpha value is -2.80. The van der Waals surface area contributed by atoms with E-state index in [1.54, 1.807) is 6.07 Å². The zero-order chi connectivity index (χ0) is 23.5. The van der Waals surface area contributed by atoms with Gasteiger partial charge < -0.3 is 8.95 Å². The standard InChI is InChI=1S/C26H28ClN3O2Si/c1-19-22(15-16-23(27)28-19)25-29-24(30-32-25)17-18-31-33(26(2,3)4,20-11-7-5-8-12-20)21-13-9-6-10-14-21/h5-16H,17-18H2,1-4H3. The number of rotatable bonds is 7. The van der Waals surface area contributed by atoms with Gasteiger partial charge in [-0.2, -0.15) is 4.98 Å². The molecule has 0 unspecified atom stereocenters. The third-order valence-corrected chi connectivity index (χ3v) is 11.1. The predicted molar refractivity (Wildman–Crippen MR) is 135 cm³/mol. The Labute approximate surface area is 200 Å². The molecule has 7 heteroatoms. The normalized spacial score (nSPS) is 12.2. The van der Waals surface area contributed by atoms with Crippen LogP contribution in [-0.4, -0.2) is 30.0 Å². The van der Waals surface area contributed by atoms with Crippen molar-refractivity contribution in [3.8, 4) is 11.5 Å². The molecule has 0 bridgehead atoms. The number of halogens is 1. The van der Waals surface area contributed by atoms with E-state index in [1.807, 2.05) is 25.1 Å². The van der Waals surface area contributed by atoms with Crippen LogP contribution in [0.25, 0.3) is 11.5 Å². The van der Waals surface area contributed by atoms with Crippen LogP contribution in [0.1, 0.15) is 32.3 Å². The average Bonchev–Trinajstić information content (AvgIpc) is 3.25. The number of pyridine rings is 1. The van der Waals surface area contributed by atoms with Gasteiger partial charge in [0, 0.05) is 13.0 Å². The van der Waals surface area contributed by atoms with Gasteiger partial charge in [-0.1, -0.05) is 98.2 Å². The summed E-state index contributed by atoms with van der Waals surface area (Å²) >= 11 is 5.97. The number of benzene rings is 2. The predicted octanol–water partition coefficient (Wildman–Crippen LogP) is 5.21. The van der Waals surface area contributed by atoms with Crippen LogP contribution < -0.4 is 10.4 Å². The molecule has 4 aromatic rings. The largest absolute Gasteiger partial charge is 0.407 e. The summed E-state index contributed by atoms with van der Waals surface area (Å²) in [5.74, 6) is 1.05. The van der Waals surface area contributed by atoms with Gasteiger partial charge in [-0.15, -0.1) is 0 Å². The number of aryl methyl sites for hydroxylation is 1. The summed E-state index contributed by atoms with van der Waals surface area (Å²) < 4.78 is 12.4. The SMILES string of the molecule is Cc1nc(Cl)ccc1-c1nc(CCO[Si](c2ccccc2)(c2ccccc2)C(C)(C)C)no1. The van der Waals surface area contributed by atoms with Crippen molar-refractivity contribution in [2.24, 2.45) is 0 Å². The maximum absolute atomic E-state index is 6.91. The van der Waals surface area contributed by atoms with E-state index in [4.69, 9.17) is 20.6 Å². The van der Waals surface area contributed by atoms with E-state index in [0.29, 0.717) is 29.9 Å². The van der Waals surface area contributed by atoms with E-state index in [0.717, 1.165) is 11.3 Å². The highest BCUT2D eigenvalue weighted by Gasteiger charge is 2.50. The van der Waals surface area contributed by atoms with Crippen LogP contribution in [-0.2, 0) is 10.8 Å². The fourth-order valence-electron chi connectivity index (χ4n) is 4.28. The molecule has 0 atom stereocenters. The van der Waals surface area contributed by atoms with Gasteiger partial charge in [0.25, 0.3) is 14.2 Å². The highest BCUT2D eigenvalue weighted by atomic mass is 35.5. The van der Waals surface area contributed by atoms with Crippen molar-refractivity contribution in [2.45, 2.75) is 39.2 Å². The van der Waals surface area contributed by atoms with Gasteiger partial charge in [0.15, 0.2) is 5.82 Å². The fourth-order valence-corrected chi connectivity index (χ4v) is 9.03. The molecule has 170 valence electrons. The molecule has 0 aliphatic rings. The van der Waals surface area contributed by atoms with Crippen molar-refractivity contribution in [3.05, 3.63) is 89.5 Å². The lowest BCUT2D eigenvalue weighted by Crippen LogP contribution is -2.66. The Morgan fingerprint density at radius 2 is 1.48 bits per heavy atom. The number of hydrogen-bond acceptors (Lipinski definition) is 5. The molecular weight excluding hydrogens is 450 g/mol. The van der Waals surface area contributed by atoms with E-state index in [2.05, 4.69) is 84.4 Å². The molecule has 0 amide bonds. The minimum Gasteiger partial charge on any atom is -0.407 e. The van der Waals surface area contributed by atoms with E-state index in [9.17, 15) is 0 Å². The number of aromatic nitrogens is 3. The van der Waals surface area contributed by atoms with Crippen molar-refractivity contribution in [1.82, 2.24) is 15.1 Å². The molecule has 2 aromatic carbocycles. The minimum atomic E-state index is -2.59. The lowest BCUT2D eigenvalue weighted by molar-refractivity contribution is 0.296. The minimum absolute atomic E-state index is 0.0792. The summed E-state index contributed by atoms with van der Waals surface area (Å²) in [6, 6.07) is 24.8. The van der Waals surface area contributed by atoms with Crippen LogP contribution in [0.4, 0.5) is 0 Å². The van der Waals surface area contributed by atoms with Gasteiger partial charge >= 0.3 is 0 Å². The maximum Gasteiger partial charge on any atom is 0.261 e. The van der Waals surface area contributed by atoms with E-state index < -0.39 is 8.32 Å². The van der Waals surface area contributed by atoms with Crippen molar-refractivity contribution >= 4 is 30.3 Å². The van der Waals surface area contributed by atoms with E-state index in [-0.39, 0.29) is 5.04 Å². The molecule has 0 radical (unpaired) electrons. The Kier molecular flexibility index (Phi) is 6.79.